The molecule has 0 atom stereocenters. The summed E-state index contributed by atoms with van der Waals surface area (Å²) in [5.41, 5.74) is 1.63. The Bertz CT molecular complexity index is 614. The van der Waals surface area contributed by atoms with Gasteiger partial charge in [0.2, 0.25) is 0 Å². The third kappa shape index (κ3) is 2.61. The first-order valence-electron chi connectivity index (χ1n) is 5.01. The molecule has 0 unspecified atom stereocenters. The van der Waals surface area contributed by atoms with E-state index in [1.807, 2.05) is 18.2 Å². The van der Waals surface area contributed by atoms with E-state index in [0.29, 0.717) is 16.7 Å². The Balaban J connectivity index is 2.41. The van der Waals surface area contributed by atoms with Crippen molar-refractivity contribution >= 4 is 21.7 Å². The minimum Gasteiger partial charge on any atom is -0.289 e. The van der Waals surface area contributed by atoms with Gasteiger partial charge in [-0.2, -0.15) is 5.26 Å². The fourth-order valence-corrected chi connectivity index (χ4v) is 1.93. The van der Waals surface area contributed by atoms with E-state index in [1.54, 1.807) is 36.4 Å². The zero-order valence-corrected chi connectivity index (χ0v) is 10.4. The second-order valence-corrected chi connectivity index (χ2v) is 4.45. The van der Waals surface area contributed by atoms with Gasteiger partial charge in [-0.1, -0.05) is 40.2 Å². The molecule has 0 spiro atoms. The molecule has 3 heteroatoms. The minimum absolute atomic E-state index is 0.0802. The lowest BCUT2D eigenvalue weighted by Gasteiger charge is -2.02. The first-order chi connectivity index (χ1) is 8.20. The standard InChI is InChI=1S/C14H8BrNO/c15-13-6-2-5-12(8-13)14(17)11-4-1-3-10(7-11)9-16/h1-8H. The average Bonchev–Trinajstić information content (AvgIpc) is 2.38. The van der Waals surface area contributed by atoms with Crippen LogP contribution in [0.2, 0.25) is 0 Å². The molecule has 0 saturated heterocycles. The fourth-order valence-electron chi connectivity index (χ4n) is 1.53. The van der Waals surface area contributed by atoms with E-state index >= 15 is 0 Å². The Kier molecular flexibility index (Phi) is 3.36. The van der Waals surface area contributed by atoms with Crippen LogP contribution in [0.25, 0.3) is 0 Å². The number of nitrogens with zero attached hydrogens (tertiary/aromatic N) is 1. The number of nitriles is 1. The fraction of sp³-hybridized carbons (Fsp3) is 0. The zero-order valence-electron chi connectivity index (χ0n) is 8.85. The summed E-state index contributed by atoms with van der Waals surface area (Å²) >= 11 is 3.33. The van der Waals surface area contributed by atoms with Gasteiger partial charge in [-0.3, -0.25) is 4.79 Å². The number of hydrogen-bond acceptors (Lipinski definition) is 2. The highest BCUT2D eigenvalue weighted by Crippen LogP contribution is 2.16. The van der Waals surface area contributed by atoms with Crippen LogP contribution in [0.3, 0.4) is 0 Å². The highest BCUT2D eigenvalue weighted by Gasteiger charge is 2.09. The van der Waals surface area contributed by atoms with Crippen molar-refractivity contribution in [2.24, 2.45) is 0 Å². The number of halogens is 1. The van der Waals surface area contributed by atoms with Gasteiger partial charge in [0.25, 0.3) is 0 Å². The lowest BCUT2D eigenvalue weighted by atomic mass is 10.0. The first kappa shape index (κ1) is 11.6. The van der Waals surface area contributed by atoms with Gasteiger partial charge in [0.15, 0.2) is 5.78 Å². The summed E-state index contributed by atoms with van der Waals surface area (Å²) < 4.78 is 0.861. The molecule has 0 aliphatic rings. The molecule has 0 aliphatic carbocycles. The van der Waals surface area contributed by atoms with Crippen LogP contribution in [0.15, 0.2) is 53.0 Å². The SMILES string of the molecule is N#Cc1cccc(C(=O)c2cccc(Br)c2)c1. The Morgan fingerprint density at radius 2 is 1.71 bits per heavy atom. The maximum absolute atomic E-state index is 12.1. The van der Waals surface area contributed by atoms with Gasteiger partial charge in [-0.15, -0.1) is 0 Å². The average molecular weight is 286 g/mol. The van der Waals surface area contributed by atoms with Gasteiger partial charge < -0.3 is 0 Å². The topological polar surface area (TPSA) is 40.9 Å². The van der Waals surface area contributed by atoms with Crippen molar-refractivity contribution in [2.75, 3.05) is 0 Å². The molecule has 0 amide bonds. The van der Waals surface area contributed by atoms with Crippen molar-refractivity contribution in [1.29, 1.82) is 5.26 Å². The van der Waals surface area contributed by atoms with Crippen molar-refractivity contribution in [2.45, 2.75) is 0 Å². The summed E-state index contributed by atoms with van der Waals surface area (Å²) in [6, 6.07) is 15.9. The van der Waals surface area contributed by atoms with Crippen LogP contribution in [0, 0.1) is 11.3 Å². The van der Waals surface area contributed by atoms with E-state index in [1.165, 1.54) is 0 Å². The normalized spacial score (nSPS) is 9.65. The van der Waals surface area contributed by atoms with E-state index in [2.05, 4.69) is 15.9 Å². The van der Waals surface area contributed by atoms with Gasteiger partial charge in [0, 0.05) is 15.6 Å². The van der Waals surface area contributed by atoms with E-state index < -0.39 is 0 Å². The van der Waals surface area contributed by atoms with Gasteiger partial charge in [-0.05, 0) is 24.3 Å². The second kappa shape index (κ2) is 4.94. The van der Waals surface area contributed by atoms with Gasteiger partial charge in [0.05, 0.1) is 11.6 Å². The maximum atomic E-state index is 12.1. The lowest BCUT2D eigenvalue weighted by molar-refractivity contribution is 0.103. The Hall–Kier alpha value is -1.92. The van der Waals surface area contributed by atoms with E-state index in [9.17, 15) is 4.79 Å². The number of benzene rings is 2. The van der Waals surface area contributed by atoms with Gasteiger partial charge in [0.1, 0.15) is 0 Å². The largest absolute Gasteiger partial charge is 0.289 e. The molecule has 0 fully saturated rings. The molecule has 0 aliphatic heterocycles. The predicted molar refractivity (Wildman–Crippen MR) is 68.7 cm³/mol. The second-order valence-electron chi connectivity index (χ2n) is 3.53. The van der Waals surface area contributed by atoms with Crippen LogP contribution >= 0.6 is 15.9 Å². The smallest absolute Gasteiger partial charge is 0.193 e. The van der Waals surface area contributed by atoms with Crippen LogP contribution in [0.5, 0.6) is 0 Å². The molecule has 17 heavy (non-hydrogen) atoms. The van der Waals surface area contributed by atoms with Crippen molar-refractivity contribution < 1.29 is 4.79 Å². The number of carbonyl (C=O) groups excluding carboxylic acids is 1. The summed E-state index contributed by atoms with van der Waals surface area (Å²) in [5.74, 6) is -0.0802. The predicted octanol–water partition coefficient (Wildman–Crippen LogP) is 3.55. The highest BCUT2D eigenvalue weighted by atomic mass is 79.9. The number of hydrogen-bond donors (Lipinski definition) is 0. The number of ketones is 1. The summed E-state index contributed by atoms with van der Waals surface area (Å²) in [5, 5.41) is 8.79. The van der Waals surface area contributed by atoms with Crippen LogP contribution in [0.1, 0.15) is 21.5 Å². The highest BCUT2D eigenvalue weighted by molar-refractivity contribution is 9.10. The van der Waals surface area contributed by atoms with Gasteiger partial charge in [-0.25, -0.2) is 0 Å². The van der Waals surface area contributed by atoms with E-state index in [-0.39, 0.29) is 5.78 Å². The van der Waals surface area contributed by atoms with Crippen molar-refractivity contribution in [3.8, 4) is 6.07 Å². The number of carbonyl (C=O) groups is 1. The molecule has 0 N–H and O–H groups in total. The molecule has 0 bridgehead atoms. The molecular weight excluding hydrogens is 278 g/mol. The van der Waals surface area contributed by atoms with Crippen LogP contribution in [-0.4, -0.2) is 5.78 Å². The van der Waals surface area contributed by atoms with Crippen LogP contribution in [0.4, 0.5) is 0 Å². The third-order valence-corrected chi connectivity index (χ3v) is 2.83. The molecule has 0 heterocycles. The molecule has 2 aromatic carbocycles. The minimum atomic E-state index is -0.0802. The molecule has 0 aromatic heterocycles. The molecule has 82 valence electrons. The summed E-state index contributed by atoms with van der Waals surface area (Å²) in [4.78, 5) is 12.1. The van der Waals surface area contributed by atoms with Crippen LogP contribution in [-0.2, 0) is 0 Å². The summed E-state index contributed by atoms with van der Waals surface area (Å²) in [6.45, 7) is 0. The van der Waals surface area contributed by atoms with Gasteiger partial charge >= 0.3 is 0 Å². The van der Waals surface area contributed by atoms with E-state index in [4.69, 9.17) is 5.26 Å². The summed E-state index contributed by atoms with van der Waals surface area (Å²) in [6.07, 6.45) is 0. The summed E-state index contributed by atoms with van der Waals surface area (Å²) in [7, 11) is 0. The van der Waals surface area contributed by atoms with Crippen LogP contribution < -0.4 is 0 Å². The third-order valence-electron chi connectivity index (χ3n) is 2.34. The maximum Gasteiger partial charge on any atom is 0.193 e. The lowest BCUT2D eigenvalue weighted by Crippen LogP contribution is -2.01. The first-order valence-corrected chi connectivity index (χ1v) is 5.80. The molecule has 2 rings (SSSR count). The Morgan fingerprint density at radius 1 is 1.06 bits per heavy atom. The van der Waals surface area contributed by atoms with Crippen molar-refractivity contribution in [3.05, 3.63) is 69.7 Å². The van der Waals surface area contributed by atoms with Crippen molar-refractivity contribution in [3.63, 3.8) is 0 Å². The molecule has 2 aromatic rings. The quantitative estimate of drug-likeness (QED) is 0.792. The Labute approximate surface area is 108 Å². The molecule has 0 radical (unpaired) electrons. The number of rotatable bonds is 2. The monoisotopic (exact) mass is 285 g/mol. The molecule has 0 saturated carbocycles. The zero-order chi connectivity index (χ0) is 12.3. The molecular formula is C14H8BrNO. The molecule has 2 nitrogen and oxygen atoms in total. The van der Waals surface area contributed by atoms with Crippen molar-refractivity contribution in [1.82, 2.24) is 0 Å². The Morgan fingerprint density at radius 3 is 2.35 bits per heavy atom. The van der Waals surface area contributed by atoms with E-state index in [0.717, 1.165) is 4.47 Å².